The number of nitrogens with zero attached hydrogens (tertiary/aromatic N) is 2. The van der Waals surface area contributed by atoms with Gasteiger partial charge in [0.2, 0.25) is 0 Å². The summed E-state index contributed by atoms with van der Waals surface area (Å²) in [5.41, 5.74) is 5.40. The number of benzene rings is 6. The van der Waals surface area contributed by atoms with Gasteiger partial charge in [0.15, 0.2) is 0 Å². The standard InChI is InChI=1S/C46H42NO.C17H19FN.Ir/c1-29-24-34(33-20-22-46(4,5)23-21-33)14-17-37(29)36-16-18-38(30(2)25-36)42-27-43(47-28-31(42)3)41-13-9-12-40-39-19-15-35(26-44(39)48-45(40)41)32-10-7-6-8-11-32;1-12-9-16(13-5-7-15(18)8-6-13)19-11-14(12)10-17(2,3)4;/h6-12,14-19,24-28,33H,20-23H2,1-5H3;5,7-9,11H,10H2,1-4H3;/q2*-1;/i1D3,2D3,3D3,33D;1D3,10D2;. The van der Waals surface area contributed by atoms with Crippen molar-refractivity contribution in [2.24, 2.45) is 10.8 Å². The van der Waals surface area contributed by atoms with E-state index in [1.54, 1.807) is 63.2 Å². The van der Waals surface area contributed by atoms with Crippen LogP contribution in [0.15, 0.2) is 144 Å². The Morgan fingerprint density at radius 2 is 1.44 bits per heavy atom. The maximum atomic E-state index is 13.0. The van der Waals surface area contributed by atoms with Gasteiger partial charge >= 0.3 is 0 Å². The Kier molecular flexibility index (Phi) is 9.58. The van der Waals surface area contributed by atoms with Crippen molar-refractivity contribution in [3.05, 3.63) is 191 Å². The molecule has 1 aliphatic rings. The van der Waals surface area contributed by atoms with Gasteiger partial charge in [0.1, 0.15) is 5.58 Å². The number of furan rings is 1. The summed E-state index contributed by atoms with van der Waals surface area (Å²) in [4.78, 5) is 8.76. The summed E-state index contributed by atoms with van der Waals surface area (Å²) in [5.74, 6) is -1.38. The van der Waals surface area contributed by atoms with Crippen molar-refractivity contribution in [3.63, 3.8) is 0 Å². The fourth-order valence-corrected chi connectivity index (χ4v) is 8.71. The van der Waals surface area contributed by atoms with Crippen molar-refractivity contribution in [2.75, 3.05) is 0 Å². The predicted octanol–water partition coefficient (Wildman–Crippen LogP) is 17.6. The summed E-state index contributed by atoms with van der Waals surface area (Å²) in [6.07, 6.45) is 3.55. The minimum absolute atomic E-state index is 0. The monoisotopic (exact) mass is 1090 g/mol. The van der Waals surface area contributed by atoms with E-state index < -0.39 is 50.9 Å². The second kappa shape index (κ2) is 19.9. The zero-order valence-corrected chi connectivity index (χ0v) is 41.0. The molecule has 0 unspecified atom stereocenters. The topological polar surface area (TPSA) is 38.9 Å². The fourth-order valence-electron chi connectivity index (χ4n) is 8.71. The molecule has 0 N–H and O–H groups in total. The van der Waals surface area contributed by atoms with E-state index in [0.717, 1.165) is 40.8 Å². The number of hydrogen-bond donors (Lipinski definition) is 0. The molecule has 0 atom stereocenters. The zero-order chi connectivity index (χ0) is 59.8. The van der Waals surface area contributed by atoms with Gasteiger partial charge in [0.25, 0.3) is 0 Å². The molecule has 347 valence electrons. The largest absolute Gasteiger partial charge is 0.501 e. The van der Waals surface area contributed by atoms with E-state index in [4.69, 9.17) is 23.6 Å². The van der Waals surface area contributed by atoms with E-state index >= 15 is 0 Å². The normalized spacial score (nSPS) is 18.5. The van der Waals surface area contributed by atoms with Crippen molar-refractivity contribution < 1.29 is 49.5 Å². The quantitative estimate of drug-likeness (QED) is 0.149. The van der Waals surface area contributed by atoms with Gasteiger partial charge in [-0.1, -0.05) is 142 Å². The van der Waals surface area contributed by atoms with E-state index in [1.807, 2.05) is 54.6 Å². The van der Waals surface area contributed by atoms with Gasteiger partial charge in [-0.3, -0.25) is 4.39 Å². The van der Waals surface area contributed by atoms with Crippen molar-refractivity contribution >= 4 is 21.9 Å². The summed E-state index contributed by atoms with van der Waals surface area (Å²) in [5, 5.41) is 1.70. The molecule has 0 aliphatic heterocycles. The van der Waals surface area contributed by atoms with Gasteiger partial charge in [-0.2, -0.15) is 0 Å². The number of aryl methyl sites for hydroxylation is 4. The van der Waals surface area contributed by atoms with Crippen LogP contribution < -0.4 is 0 Å². The van der Waals surface area contributed by atoms with Gasteiger partial charge in [-0.25, -0.2) is 0 Å². The van der Waals surface area contributed by atoms with Crippen molar-refractivity contribution in [2.45, 2.75) is 100.0 Å². The van der Waals surface area contributed by atoms with E-state index in [1.165, 1.54) is 36.7 Å². The van der Waals surface area contributed by atoms with Gasteiger partial charge in [0.05, 0.1) is 5.58 Å². The zero-order valence-electron chi connectivity index (χ0n) is 53.6. The first kappa shape index (κ1) is 32.7. The minimum Gasteiger partial charge on any atom is -0.501 e. The molecule has 68 heavy (non-hydrogen) atoms. The molecule has 3 aromatic heterocycles. The average Bonchev–Trinajstić information content (AvgIpc) is 3.79. The van der Waals surface area contributed by atoms with Gasteiger partial charge in [-0.05, 0) is 155 Å². The molecule has 1 fully saturated rings. The predicted molar refractivity (Wildman–Crippen MR) is 278 cm³/mol. The number of pyridine rings is 2. The molecule has 10 rings (SSSR count). The molecule has 5 heteroatoms. The van der Waals surface area contributed by atoms with Crippen LogP contribution in [0.4, 0.5) is 4.39 Å². The van der Waals surface area contributed by atoms with E-state index in [2.05, 4.69) is 35.9 Å². The molecule has 6 aromatic carbocycles. The molecule has 1 radical (unpaired) electrons. The summed E-state index contributed by atoms with van der Waals surface area (Å²) in [6.45, 7) is -0.934. The number of fused-ring (bicyclic) bond motifs is 3. The fraction of sp³-hybridized carbons (Fsp3) is 0.270. The maximum Gasteiger partial charge on any atom is 0.121 e. The van der Waals surface area contributed by atoms with Crippen molar-refractivity contribution in [1.82, 2.24) is 9.97 Å². The van der Waals surface area contributed by atoms with E-state index in [0.29, 0.717) is 63.2 Å². The average molecular weight is 1090 g/mol. The van der Waals surface area contributed by atoms with Crippen LogP contribution in [-0.2, 0) is 26.5 Å². The van der Waals surface area contributed by atoms with Gasteiger partial charge in [-0.15, -0.1) is 48.0 Å². The summed E-state index contributed by atoms with van der Waals surface area (Å²) in [7, 11) is 0. The molecular weight excluding hydrogens is 1010 g/mol. The van der Waals surface area contributed by atoms with Crippen LogP contribution in [0.3, 0.4) is 0 Å². The summed E-state index contributed by atoms with van der Waals surface area (Å²) in [6, 6.07) is 42.0. The van der Waals surface area contributed by atoms with Gasteiger partial charge < -0.3 is 14.4 Å². The summed E-state index contributed by atoms with van der Waals surface area (Å²) < 4.78 is 145. The SMILES string of the molecule is [2H]C([2H])([2H])c1cc(-c2[c-]cc(F)cc2)ncc1C([2H])([2H])C(C)(C)C.[2H]C([2H])([2H])c1cc(C2([2H])CCC(C)(C)CC2)ccc1-c1ccc(-c2cc(-c3[c-]ccc4c3oc3cc(-c5ccccc5)ccc34)ncc2C([2H])([2H])[2H])c(C([2H])([2H])[2H])c1.[Ir]. The number of rotatable bonds is 7. The Morgan fingerprint density at radius 1 is 0.706 bits per heavy atom. The van der Waals surface area contributed by atoms with Crippen molar-refractivity contribution in [3.8, 4) is 55.9 Å². The first-order chi connectivity index (χ1) is 38.1. The van der Waals surface area contributed by atoms with Crippen LogP contribution in [-0.4, -0.2) is 9.97 Å². The molecular formula is C63H61FIrN2O-2. The molecule has 0 bridgehead atoms. The Morgan fingerprint density at radius 3 is 2.18 bits per heavy atom. The number of halogens is 1. The Bertz CT molecular complexity index is 3830. The van der Waals surface area contributed by atoms with Crippen LogP contribution >= 0.6 is 0 Å². The minimum atomic E-state index is -2.72. The third-order valence-electron chi connectivity index (χ3n) is 12.4. The van der Waals surface area contributed by atoms with Crippen LogP contribution in [0, 0.1) is 56.2 Å². The van der Waals surface area contributed by atoms with Crippen LogP contribution in [0.2, 0.25) is 0 Å². The summed E-state index contributed by atoms with van der Waals surface area (Å²) >= 11 is 0. The van der Waals surface area contributed by atoms with Crippen LogP contribution in [0.5, 0.6) is 0 Å². The number of aromatic nitrogens is 2. The molecule has 0 amide bonds. The molecule has 0 spiro atoms. The first-order valence-corrected chi connectivity index (χ1v) is 22.5. The third-order valence-corrected chi connectivity index (χ3v) is 12.4. The van der Waals surface area contributed by atoms with Gasteiger partial charge in [0, 0.05) is 64.3 Å². The second-order valence-corrected chi connectivity index (χ2v) is 19.1. The Balaban J connectivity index is 0.000000302. The molecule has 9 aromatic rings. The van der Waals surface area contributed by atoms with Crippen LogP contribution in [0.25, 0.3) is 77.8 Å². The smallest absolute Gasteiger partial charge is 0.121 e. The molecule has 0 saturated heterocycles. The number of hydrogen-bond acceptors (Lipinski definition) is 3. The maximum absolute atomic E-state index is 13.0. The molecule has 3 nitrogen and oxygen atoms in total. The van der Waals surface area contributed by atoms with E-state index in [9.17, 15) is 5.76 Å². The molecule has 1 saturated carbocycles. The Labute approximate surface area is 437 Å². The Hall–Kier alpha value is -6.00. The molecule has 1 aliphatic carbocycles. The van der Waals surface area contributed by atoms with E-state index in [-0.39, 0.29) is 64.5 Å². The second-order valence-electron chi connectivity index (χ2n) is 19.1. The van der Waals surface area contributed by atoms with Crippen LogP contribution in [0.1, 0.15) is 120 Å². The molecule has 3 heterocycles. The first-order valence-electron chi connectivity index (χ1n) is 30.0. The third kappa shape index (κ3) is 10.7. The van der Waals surface area contributed by atoms with Crippen molar-refractivity contribution in [1.29, 1.82) is 0 Å².